The summed E-state index contributed by atoms with van der Waals surface area (Å²) in [6, 6.07) is 3.50. The molecule has 3 nitrogen and oxygen atoms in total. The molecule has 0 aromatic heterocycles. The Morgan fingerprint density at radius 3 is 2.71 bits per heavy atom. The van der Waals surface area contributed by atoms with Crippen molar-refractivity contribution in [3.8, 4) is 0 Å². The van der Waals surface area contributed by atoms with Crippen molar-refractivity contribution in [2.75, 3.05) is 11.9 Å². The Hall–Kier alpha value is -1.03. The van der Waals surface area contributed by atoms with Crippen LogP contribution in [-0.4, -0.2) is 17.6 Å². The molecule has 4 heteroatoms. The average molecular weight is 258 g/mol. The summed E-state index contributed by atoms with van der Waals surface area (Å²) in [6.45, 7) is 4.53. The van der Waals surface area contributed by atoms with Gasteiger partial charge in [-0.2, -0.15) is 0 Å². The number of carboxylic acids is 1. The number of halogens is 1. The van der Waals surface area contributed by atoms with Gasteiger partial charge in [0.05, 0.1) is 11.3 Å². The summed E-state index contributed by atoms with van der Waals surface area (Å²) in [5, 5.41) is 12.0. The van der Waals surface area contributed by atoms with Gasteiger partial charge >= 0.3 is 5.97 Å². The van der Waals surface area contributed by atoms with Crippen LogP contribution in [0.1, 0.15) is 22.8 Å². The highest BCUT2D eigenvalue weighted by Gasteiger charge is 2.12. The molecule has 0 aliphatic rings. The Bertz CT molecular complexity index is 363. The molecule has 14 heavy (non-hydrogen) atoms. The first-order valence-electron chi connectivity index (χ1n) is 4.33. The van der Waals surface area contributed by atoms with Gasteiger partial charge < -0.3 is 10.4 Å². The first-order valence-corrected chi connectivity index (χ1v) is 5.13. The van der Waals surface area contributed by atoms with Crippen LogP contribution >= 0.6 is 15.9 Å². The van der Waals surface area contributed by atoms with Gasteiger partial charge in [0, 0.05) is 11.0 Å². The van der Waals surface area contributed by atoms with Crippen molar-refractivity contribution in [3.05, 3.63) is 27.7 Å². The van der Waals surface area contributed by atoms with Crippen molar-refractivity contribution >= 4 is 27.6 Å². The maximum Gasteiger partial charge on any atom is 0.337 e. The predicted molar refractivity (Wildman–Crippen MR) is 60.0 cm³/mol. The van der Waals surface area contributed by atoms with Gasteiger partial charge in [0.25, 0.3) is 0 Å². The van der Waals surface area contributed by atoms with Crippen LogP contribution in [0.2, 0.25) is 0 Å². The summed E-state index contributed by atoms with van der Waals surface area (Å²) >= 11 is 3.28. The molecule has 1 aromatic rings. The Kier molecular flexibility index (Phi) is 3.52. The van der Waals surface area contributed by atoms with Crippen LogP contribution in [0.25, 0.3) is 0 Å². The standard InChI is InChI=1S/C10H12BrNO2/c1-3-12-9-6(2)4-7(11)5-8(9)10(13)14/h4-5,12H,3H2,1-2H3,(H,13,14). The van der Waals surface area contributed by atoms with E-state index in [9.17, 15) is 4.79 Å². The normalized spacial score (nSPS) is 9.93. The summed E-state index contributed by atoms with van der Waals surface area (Å²) in [4.78, 5) is 10.9. The zero-order chi connectivity index (χ0) is 10.7. The van der Waals surface area contributed by atoms with E-state index in [1.165, 1.54) is 0 Å². The van der Waals surface area contributed by atoms with Crippen LogP contribution < -0.4 is 5.32 Å². The molecule has 0 fully saturated rings. The molecule has 0 heterocycles. The van der Waals surface area contributed by atoms with Crippen LogP contribution in [-0.2, 0) is 0 Å². The SMILES string of the molecule is CCNc1c(C)cc(Br)cc1C(=O)O. The number of benzene rings is 1. The zero-order valence-corrected chi connectivity index (χ0v) is 9.68. The monoisotopic (exact) mass is 257 g/mol. The van der Waals surface area contributed by atoms with Crippen LogP contribution in [0.15, 0.2) is 16.6 Å². The molecule has 1 aromatic carbocycles. The van der Waals surface area contributed by atoms with E-state index < -0.39 is 5.97 Å². The van der Waals surface area contributed by atoms with E-state index >= 15 is 0 Å². The van der Waals surface area contributed by atoms with Gasteiger partial charge in [-0.15, -0.1) is 0 Å². The molecule has 2 N–H and O–H groups in total. The van der Waals surface area contributed by atoms with Crippen molar-refractivity contribution in [2.45, 2.75) is 13.8 Å². The summed E-state index contributed by atoms with van der Waals surface area (Å²) < 4.78 is 0.786. The molecule has 0 bridgehead atoms. The van der Waals surface area contributed by atoms with Crippen molar-refractivity contribution in [3.63, 3.8) is 0 Å². The fourth-order valence-electron chi connectivity index (χ4n) is 1.32. The minimum atomic E-state index is -0.912. The molecule has 76 valence electrons. The first kappa shape index (κ1) is 11.0. The Balaban J connectivity index is 3.28. The molecule has 0 atom stereocenters. The van der Waals surface area contributed by atoms with Crippen LogP contribution in [0.4, 0.5) is 5.69 Å². The van der Waals surface area contributed by atoms with E-state index in [1.807, 2.05) is 19.9 Å². The molecule has 0 aliphatic carbocycles. The average Bonchev–Trinajstić information content (AvgIpc) is 2.09. The van der Waals surface area contributed by atoms with Crippen LogP contribution in [0.5, 0.6) is 0 Å². The van der Waals surface area contributed by atoms with E-state index in [0.29, 0.717) is 17.8 Å². The number of hydrogen-bond donors (Lipinski definition) is 2. The van der Waals surface area contributed by atoms with Gasteiger partial charge in [0.2, 0.25) is 0 Å². The fraction of sp³-hybridized carbons (Fsp3) is 0.300. The second-order valence-electron chi connectivity index (χ2n) is 2.98. The van der Waals surface area contributed by atoms with E-state index in [2.05, 4.69) is 21.2 Å². The topological polar surface area (TPSA) is 49.3 Å². The fourth-order valence-corrected chi connectivity index (χ4v) is 1.90. The molecule has 0 spiro atoms. The van der Waals surface area contributed by atoms with Crippen molar-refractivity contribution in [1.29, 1.82) is 0 Å². The van der Waals surface area contributed by atoms with Gasteiger partial charge in [0.1, 0.15) is 0 Å². The van der Waals surface area contributed by atoms with Crippen molar-refractivity contribution < 1.29 is 9.90 Å². The highest BCUT2D eigenvalue weighted by molar-refractivity contribution is 9.10. The highest BCUT2D eigenvalue weighted by atomic mass is 79.9. The lowest BCUT2D eigenvalue weighted by Crippen LogP contribution is -2.07. The largest absolute Gasteiger partial charge is 0.478 e. The zero-order valence-electron chi connectivity index (χ0n) is 8.10. The minimum absolute atomic E-state index is 0.304. The predicted octanol–water partition coefficient (Wildman–Crippen LogP) is 2.89. The van der Waals surface area contributed by atoms with Crippen molar-refractivity contribution in [1.82, 2.24) is 0 Å². The van der Waals surface area contributed by atoms with Gasteiger partial charge in [-0.25, -0.2) is 4.79 Å². The van der Waals surface area contributed by atoms with Crippen LogP contribution in [0.3, 0.4) is 0 Å². The van der Waals surface area contributed by atoms with Gasteiger partial charge in [-0.05, 0) is 31.5 Å². The Morgan fingerprint density at radius 2 is 2.21 bits per heavy atom. The van der Waals surface area contributed by atoms with E-state index in [0.717, 1.165) is 10.0 Å². The third-order valence-electron chi connectivity index (χ3n) is 1.88. The van der Waals surface area contributed by atoms with Gasteiger partial charge in [0.15, 0.2) is 0 Å². The van der Waals surface area contributed by atoms with E-state index in [4.69, 9.17) is 5.11 Å². The summed E-state index contributed by atoms with van der Waals surface area (Å²) in [5.41, 5.74) is 1.93. The number of rotatable bonds is 3. The second kappa shape index (κ2) is 4.46. The van der Waals surface area contributed by atoms with Crippen LogP contribution in [0, 0.1) is 6.92 Å². The number of carbonyl (C=O) groups is 1. The minimum Gasteiger partial charge on any atom is -0.478 e. The summed E-state index contributed by atoms with van der Waals surface area (Å²) in [6.07, 6.45) is 0. The van der Waals surface area contributed by atoms with Crippen molar-refractivity contribution in [2.24, 2.45) is 0 Å². The molecule has 1 rings (SSSR count). The van der Waals surface area contributed by atoms with Gasteiger partial charge in [-0.1, -0.05) is 15.9 Å². The Labute approximate surface area is 91.3 Å². The third kappa shape index (κ3) is 2.26. The molecular weight excluding hydrogens is 246 g/mol. The number of anilines is 1. The lowest BCUT2D eigenvalue weighted by molar-refractivity contribution is 0.0698. The first-order chi connectivity index (χ1) is 6.56. The second-order valence-corrected chi connectivity index (χ2v) is 3.90. The molecule has 0 saturated heterocycles. The number of aromatic carboxylic acids is 1. The number of aryl methyl sites for hydroxylation is 1. The molecule has 0 unspecified atom stereocenters. The van der Waals surface area contributed by atoms with E-state index in [-0.39, 0.29) is 0 Å². The maximum absolute atomic E-state index is 10.9. The number of hydrogen-bond acceptors (Lipinski definition) is 2. The molecule has 0 amide bonds. The number of carboxylic acid groups (broad SMARTS) is 1. The van der Waals surface area contributed by atoms with Gasteiger partial charge in [-0.3, -0.25) is 0 Å². The summed E-state index contributed by atoms with van der Waals surface area (Å²) in [5.74, 6) is -0.912. The highest BCUT2D eigenvalue weighted by Crippen LogP contribution is 2.25. The lowest BCUT2D eigenvalue weighted by Gasteiger charge is -2.11. The smallest absolute Gasteiger partial charge is 0.337 e. The lowest BCUT2D eigenvalue weighted by atomic mass is 10.1. The Morgan fingerprint density at radius 1 is 1.57 bits per heavy atom. The summed E-state index contributed by atoms with van der Waals surface area (Å²) in [7, 11) is 0. The third-order valence-corrected chi connectivity index (χ3v) is 2.34. The maximum atomic E-state index is 10.9. The quantitative estimate of drug-likeness (QED) is 0.876. The molecular formula is C10H12BrNO2. The number of nitrogens with one attached hydrogen (secondary N) is 1. The van der Waals surface area contributed by atoms with E-state index in [1.54, 1.807) is 6.07 Å². The molecule has 0 radical (unpaired) electrons. The molecule has 0 aliphatic heterocycles. The molecule has 0 saturated carbocycles.